The second-order valence-electron chi connectivity index (χ2n) is 2.27. The van der Waals surface area contributed by atoms with Gasteiger partial charge in [-0.2, -0.15) is 15.8 Å². The second kappa shape index (κ2) is 3.85. The summed E-state index contributed by atoms with van der Waals surface area (Å²) in [7, 11) is 0. The zero-order valence-corrected chi connectivity index (χ0v) is 6.65. The van der Waals surface area contributed by atoms with Gasteiger partial charge in [-0.15, -0.1) is 0 Å². The summed E-state index contributed by atoms with van der Waals surface area (Å²) in [4.78, 5) is 3.71. The molecule has 0 aliphatic carbocycles. The zero-order chi connectivity index (χ0) is 9.68. The summed E-state index contributed by atoms with van der Waals surface area (Å²) in [6.45, 7) is 0. The molecule has 13 heavy (non-hydrogen) atoms. The molecule has 4 heteroatoms. The van der Waals surface area contributed by atoms with Gasteiger partial charge in [0.1, 0.15) is 12.1 Å². The van der Waals surface area contributed by atoms with Gasteiger partial charge in [0.15, 0.2) is 0 Å². The molecule has 0 N–H and O–H groups in total. The van der Waals surface area contributed by atoms with Crippen molar-refractivity contribution >= 4 is 0 Å². The van der Waals surface area contributed by atoms with Crippen LogP contribution in [-0.2, 0) is 6.42 Å². The van der Waals surface area contributed by atoms with E-state index in [-0.39, 0.29) is 6.42 Å². The van der Waals surface area contributed by atoms with Gasteiger partial charge in [0.05, 0.1) is 23.6 Å². The van der Waals surface area contributed by atoms with E-state index in [1.165, 1.54) is 12.4 Å². The number of nitriles is 3. The molecule has 0 aliphatic heterocycles. The standard InChI is InChI=1S/C9H4N4/c10-2-1-9-7(3-11)5-13-6-8(9)4-12/h5-6H,1H2. The zero-order valence-electron chi connectivity index (χ0n) is 6.65. The first kappa shape index (κ1) is 8.71. The maximum Gasteiger partial charge on any atom is 0.101 e. The van der Waals surface area contributed by atoms with Crippen molar-refractivity contribution in [3.05, 3.63) is 29.1 Å². The largest absolute Gasteiger partial charge is 0.262 e. The molecule has 0 aromatic carbocycles. The summed E-state index contributed by atoms with van der Waals surface area (Å²) in [5, 5.41) is 25.8. The van der Waals surface area contributed by atoms with E-state index < -0.39 is 0 Å². The quantitative estimate of drug-likeness (QED) is 0.623. The Labute approximate surface area is 75.3 Å². The van der Waals surface area contributed by atoms with Gasteiger partial charge >= 0.3 is 0 Å². The molecule has 0 radical (unpaired) electrons. The number of nitrogens with zero attached hydrogens (tertiary/aromatic N) is 4. The number of hydrogen-bond donors (Lipinski definition) is 0. The van der Waals surface area contributed by atoms with Crippen LogP contribution >= 0.6 is 0 Å². The van der Waals surface area contributed by atoms with Gasteiger partial charge in [-0.3, -0.25) is 4.98 Å². The summed E-state index contributed by atoms with van der Waals surface area (Å²) >= 11 is 0. The third kappa shape index (κ3) is 1.61. The average molecular weight is 168 g/mol. The number of rotatable bonds is 1. The van der Waals surface area contributed by atoms with E-state index in [1.54, 1.807) is 0 Å². The van der Waals surface area contributed by atoms with Crippen molar-refractivity contribution in [1.82, 2.24) is 4.98 Å². The van der Waals surface area contributed by atoms with Crippen molar-refractivity contribution < 1.29 is 0 Å². The molecule has 0 unspecified atom stereocenters. The van der Waals surface area contributed by atoms with Gasteiger partial charge < -0.3 is 0 Å². The van der Waals surface area contributed by atoms with Crippen LogP contribution in [-0.4, -0.2) is 4.98 Å². The van der Waals surface area contributed by atoms with Crippen molar-refractivity contribution in [3.63, 3.8) is 0 Å². The lowest BCUT2D eigenvalue weighted by Gasteiger charge is -1.98. The molecule has 1 aromatic rings. The molecular formula is C9H4N4. The highest BCUT2D eigenvalue weighted by molar-refractivity contribution is 5.46. The number of aromatic nitrogens is 1. The van der Waals surface area contributed by atoms with Crippen LogP contribution in [0.5, 0.6) is 0 Å². The first-order valence-electron chi connectivity index (χ1n) is 3.47. The van der Waals surface area contributed by atoms with Gasteiger partial charge in [0.2, 0.25) is 0 Å². The normalized spacial score (nSPS) is 8.08. The highest BCUT2D eigenvalue weighted by Crippen LogP contribution is 2.11. The summed E-state index contributed by atoms with van der Waals surface area (Å²) in [5.41, 5.74) is 1.05. The lowest BCUT2D eigenvalue weighted by atomic mass is 10.0. The Morgan fingerprint density at radius 1 is 1.08 bits per heavy atom. The number of hydrogen-bond acceptors (Lipinski definition) is 4. The second-order valence-corrected chi connectivity index (χ2v) is 2.27. The molecule has 0 atom stereocenters. The molecule has 0 saturated carbocycles. The summed E-state index contributed by atoms with van der Waals surface area (Å²) in [6.07, 6.45) is 2.77. The fourth-order valence-corrected chi connectivity index (χ4v) is 0.949. The van der Waals surface area contributed by atoms with Crippen LogP contribution in [0.25, 0.3) is 0 Å². The van der Waals surface area contributed by atoms with Crippen LogP contribution in [0.4, 0.5) is 0 Å². The Bertz CT molecular complexity index is 410. The maximum atomic E-state index is 8.66. The van der Waals surface area contributed by atoms with Gasteiger partial charge in [-0.1, -0.05) is 0 Å². The van der Waals surface area contributed by atoms with E-state index in [0.29, 0.717) is 16.7 Å². The summed E-state index contributed by atoms with van der Waals surface area (Å²) < 4.78 is 0. The predicted molar refractivity (Wildman–Crippen MR) is 43.0 cm³/mol. The molecule has 4 nitrogen and oxygen atoms in total. The van der Waals surface area contributed by atoms with Crippen LogP contribution in [0.1, 0.15) is 16.7 Å². The molecule has 0 fully saturated rings. The Kier molecular flexibility index (Phi) is 2.58. The molecule has 0 amide bonds. The Morgan fingerprint density at radius 3 is 2.00 bits per heavy atom. The molecule has 1 rings (SSSR count). The van der Waals surface area contributed by atoms with E-state index in [9.17, 15) is 0 Å². The number of pyridine rings is 1. The Hall–Kier alpha value is -2.38. The topological polar surface area (TPSA) is 84.3 Å². The van der Waals surface area contributed by atoms with Crippen LogP contribution in [0.15, 0.2) is 12.4 Å². The molecule has 0 aliphatic rings. The van der Waals surface area contributed by atoms with Crippen LogP contribution in [0, 0.1) is 34.0 Å². The molecular weight excluding hydrogens is 164 g/mol. The SMILES string of the molecule is N#CCc1c(C#N)cncc1C#N. The first-order valence-corrected chi connectivity index (χ1v) is 3.47. The van der Waals surface area contributed by atoms with Crippen LogP contribution in [0.3, 0.4) is 0 Å². The molecule has 0 spiro atoms. The van der Waals surface area contributed by atoms with E-state index in [2.05, 4.69) is 4.98 Å². The van der Waals surface area contributed by atoms with Crippen molar-refractivity contribution in [2.45, 2.75) is 6.42 Å². The first-order chi connectivity index (χ1) is 6.33. The minimum atomic E-state index is 0.0638. The van der Waals surface area contributed by atoms with Gasteiger partial charge in [0, 0.05) is 18.0 Å². The molecule has 1 heterocycles. The van der Waals surface area contributed by atoms with Gasteiger partial charge in [-0.05, 0) is 0 Å². The maximum absolute atomic E-state index is 8.66. The Balaban J connectivity index is 3.36. The van der Waals surface area contributed by atoms with Crippen molar-refractivity contribution in [2.24, 2.45) is 0 Å². The van der Waals surface area contributed by atoms with Gasteiger partial charge in [0.25, 0.3) is 0 Å². The fourth-order valence-electron chi connectivity index (χ4n) is 0.949. The van der Waals surface area contributed by atoms with Crippen LogP contribution < -0.4 is 0 Å². The smallest absolute Gasteiger partial charge is 0.101 e. The minimum absolute atomic E-state index is 0.0638. The van der Waals surface area contributed by atoms with E-state index >= 15 is 0 Å². The molecule has 1 aromatic heterocycles. The third-order valence-corrected chi connectivity index (χ3v) is 1.55. The van der Waals surface area contributed by atoms with E-state index in [4.69, 9.17) is 15.8 Å². The lowest BCUT2D eigenvalue weighted by Crippen LogP contribution is -1.95. The highest BCUT2D eigenvalue weighted by Gasteiger charge is 2.07. The lowest BCUT2D eigenvalue weighted by molar-refractivity contribution is 1.17. The molecule has 60 valence electrons. The summed E-state index contributed by atoms with van der Waals surface area (Å²) in [6, 6.07) is 5.68. The van der Waals surface area contributed by atoms with Crippen molar-refractivity contribution in [3.8, 4) is 18.2 Å². The van der Waals surface area contributed by atoms with Gasteiger partial charge in [-0.25, -0.2) is 0 Å². The molecule has 0 bridgehead atoms. The highest BCUT2D eigenvalue weighted by atomic mass is 14.6. The average Bonchev–Trinajstić information content (AvgIpc) is 2.18. The molecule has 0 saturated heterocycles. The van der Waals surface area contributed by atoms with Crippen molar-refractivity contribution in [2.75, 3.05) is 0 Å². The third-order valence-electron chi connectivity index (χ3n) is 1.55. The fraction of sp³-hybridized carbons (Fsp3) is 0.111. The van der Waals surface area contributed by atoms with Crippen molar-refractivity contribution in [1.29, 1.82) is 15.8 Å². The van der Waals surface area contributed by atoms with Crippen LogP contribution in [0.2, 0.25) is 0 Å². The van der Waals surface area contributed by atoms with E-state index in [0.717, 1.165) is 0 Å². The minimum Gasteiger partial charge on any atom is -0.262 e. The monoisotopic (exact) mass is 168 g/mol. The van der Waals surface area contributed by atoms with E-state index in [1.807, 2.05) is 18.2 Å². The Morgan fingerprint density at radius 2 is 1.62 bits per heavy atom. The predicted octanol–water partition coefficient (Wildman–Crippen LogP) is 0.891. The summed E-state index contributed by atoms with van der Waals surface area (Å²) in [5.74, 6) is 0.